The van der Waals surface area contributed by atoms with E-state index in [2.05, 4.69) is 15.6 Å². The number of rotatable bonds is 6. The summed E-state index contributed by atoms with van der Waals surface area (Å²) in [7, 11) is 0. The van der Waals surface area contributed by atoms with Gasteiger partial charge in [-0.2, -0.15) is 13.2 Å². The summed E-state index contributed by atoms with van der Waals surface area (Å²) in [6.45, 7) is 3.13. The van der Waals surface area contributed by atoms with Gasteiger partial charge in [0.25, 0.3) is 5.91 Å². The number of nitrogens with zero attached hydrogens (tertiary/aromatic N) is 2. The van der Waals surface area contributed by atoms with Crippen molar-refractivity contribution >= 4 is 23.4 Å². The molecular formula is C24H23F3N4O4. The number of halogens is 3. The second kappa shape index (κ2) is 10.1. The fraction of sp³-hybridized carbons (Fsp3) is 0.292. The summed E-state index contributed by atoms with van der Waals surface area (Å²) in [5.41, 5.74) is 0.504. The molecule has 1 aromatic heterocycles. The predicted molar refractivity (Wildman–Crippen MR) is 122 cm³/mol. The van der Waals surface area contributed by atoms with Crippen LogP contribution in [0, 0.1) is 0 Å². The predicted octanol–water partition coefficient (Wildman–Crippen LogP) is 5.26. The molecular weight excluding hydrogens is 465 g/mol. The summed E-state index contributed by atoms with van der Waals surface area (Å²) in [5, 5.41) is 5.73. The van der Waals surface area contributed by atoms with E-state index in [9.17, 15) is 22.8 Å². The Labute approximate surface area is 199 Å². The first-order valence-corrected chi connectivity index (χ1v) is 11.0. The Bertz CT molecular complexity index is 1180. The van der Waals surface area contributed by atoms with Gasteiger partial charge in [0.2, 0.25) is 11.7 Å². The molecule has 1 unspecified atom stereocenters. The highest BCUT2D eigenvalue weighted by atomic mass is 19.4. The second-order valence-electron chi connectivity index (χ2n) is 7.87. The van der Waals surface area contributed by atoms with Gasteiger partial charge in [-0.1, -0.05) is 18.2 Å². The van der Waals surface area contributed by atoms with Crippen LogP contribution < -0.4 is 10.6 Å². The summed E-state index contributed by atoms with van der Waals surface area (Å²) in [6, 6.07) is 14.5. The number of alkyl halides is 3. The molecule has 35 heavy (non-hydrogen) atoms. The van der Waals surface area contributed by atoms with E-state index < -0.39 is 23.5 Å². The molecule has 1 fully saturated rings. The summed E-state index contributed by atoms with van der Waals surface area (Å²) in [4.78, 5) is 29.9. The lowest BCUT2D eigenvalue weighted by atomic mass is 10.2. The normalized spacial score (nSPS) is 15.7. The zero-order chi connectivity index (χ0) is 25.0. The number of anilines is 2. The molecule has 1 saturated heterocycles. The number of nitrogens with one attached hydrogen (secondary N) is 2. The number of hydrogen-bond donors (Lipinski definition) is 2. The SMILES string of the molecule is CCOC(=O)N1CCC(Nc2ccc(NC(=O)c3nc(-c4ccccc4)oc3C(F)(F)F)cc2)C1. The first kappa shape index (κ1) is 24.1. The van der Waals surface area contributed by atoms with E-state index in [4.69, 9.17) is 9.15 Å². The molecule has 2 heterocycles. The van der Waals surface area contributed by atoms with Crippen molar-refractivity contribution in [2.75, 3.05) is 30.3 Å². The van der Waals surface area contributed by atoms with E-state index in [0.717, 1.165) is 12.1 Å². The number of benzene rings is 2. The molecule has 8 nitrogen and oxygen atoms in total. The van der Waals surface area contributed by atoms with Crippen molar-refractivity contribution in [3.05, 3.63) is 66.1 Å². The van der Waals surface area contributed by atoms with Gasteiger partial charge >= 0.3 is 12.3 Å². The largest absolute Gasteiger partial charge is 0.452 e. The Hall–Kier alpha value is -4.02. The minimum Gasteiger partial charge on any atom is -0.450 e. The van der Waals surface area contributed by atoms with Gasteiger partial charge in [-0.3, -0.25) is 4.79 Å². The molecule has 0 saturated carbocycles. The van der Waals surface area contributed by atoms with Gasteiger partial charge in [0, 0.05) is 36.1 Å². The Kier molecular flexibility index (Phi) is 6.94. The van der Waals surface area contributed by atoms with Gasteiger partial charge in [0.15, 0.2) is 5.69 Å². The topological polar surface area (TPSA) is 96.7 Å². The van der Waals surface area contributed by atoms with Gasteiger partial charge in [-0.15, -0.1) is 0 Å². The minimum absolute atomic E-state index is 0.0285. The van der Waals surface area contributed by atoms with E-state index in [1.807, 2.05) is 0 Å². The molecule has 11 heteroatoms. The fourth-order valence-electron chi connectivity index (χ4n) is 3.70. The van der Waals surface area contributed by atoms with Crippen LogP contribution in [0.25, 0.3) is 11.5 Å². The quantitative estimate of drug-likeness (QED) is 0.492. The molecule has 0 spiro atoms. The van der Waals surface area contributed by atoms with Gasteiger partial charge in [-0.05, 0) is 49.7 Å². The van der Waals surface area contributed by atoms with Crippen molar-refractivity contribution in [2.24, 2.45) is 0 Å². The number of likely N-dealkylation sites (tertiary alicyclic amines) is 1. The standard InChI is InChI=1S/C24H23F3N4O4/c1-2-34-23(33)31-13-12-18(14-31)28-16-8-10-17(11-9-16)29-21(32)19-20(24(25,26)27)35-22(30-19)15-6-4-3-5-7-15/h3-11,18,28H,2,12-14H2,1H3,(H,29,32). The van der Waals surface area contributed by atoms with Crippen molar-refractivity contribution in [1.82, 2.24) is 9.88 Å². The molecule has 2 N–H and O–H groups in total. The summed E-state index contributed by atoms with van der Waals surface area (Å²) in [5.74, 6) is -2.79. The van der Waals surface area contributed by atoms with E-state index >= 15 is 0 Å². The average molecular weight is 488 g/mol. The Balaban J connectivity index is 1.42. The maximum atomic E-state index is 13.5. The van der Waals surface area contributed by atoms with Crippen molar-refractivity contribution in [1.29, 1.82) is 0 Å². The van der Waals surface area contributed by atoms with Crippen LogP contribution in [0.1, 0.15) is 29.6 Å². The summed E-state index contributed by atoms with van der Waals surface area (Å²) in [6.07, 6.45) is -4.50. The summed E-state index contributed by atoms with van der Waals surface area (Å²) < 4.78 is 50.4. The van der Waals surface area contributed by atoms with E-state index in [-0.39, 0.29) is 23.7 Å². The van der Waals surface area contributed by atoms with Crippen LogP contribution in [0.5, 0.6) is 0 Å². The number of carbonyl (C=O) groups is 2. The molecule has 0 bridgehead atoms. The lowest BCUT2D eigenvalue weighted by Crippen LogP contribution is -2.32. The van der Waals surface area contributed by atoms with Gasteiger partial charge in [0.05, 0.1) is 6.61 Å². The highest BCUT2D eigenvalue weighted by Gasteiger charge is 2.42. The smallest absolute Gasteiger partial charge is 0.450 e. The van der Waals surface area contributed by atoms with Crippen molar-refractivity contribution < 1.29 is 31.9 Å². The van der Waals surface area contributed by atoms with Crippen molar-refractivity contribution in [2.45, 2.75) is 25.6 Å². The highest BCUT2D eigenvalue weighted by Crippen LogP contribution is 2.35. The molecule has 1 aliphatic rings. The third kappa shape index (κ3) is 5.73. The second-order valence-corrected chi connectivity index (χ2v) is 7.87. The van der Waals surface area contributed by atoms with Crippen molar-refractivity contribution in [3.63, 3.8) is 0 Å². The molecule has 0 aliphatic carbocycles. The minimum atomic E-state index is -4.89. The van der Waals surface area contributed by atoms with E-state index in [0.29, 0.717) is 25.3 Å². The zero-order valence-electron chi connectivity index (χ0n) is 18.8. The lowest BCUT2D eigenvalue weighted by molar-refractivity contribution is -0.153. The molecule has 2 amide bonds. The van der Waals surface area contributed by atoms with Crippen LogP contribution in [0.4, 0.5) is 29.3 Å². The fourth-order valence-corrected chi connectivity index (χ4v) is 3.70. The molecule has 1 atom stereocenters. The Morgan fingerprint density at radius 2 is 1.80 bits per heavy atom. The van der Waals surface area contributed by atoms with Crippen molar-refractivity contribution in [3.8, 4) is 11.5 Å². The van der Waals surface area contributed by atoms with E-state index in [1.54, 1.807) is 54.3 Å². The number of oxazole rings is 1. The van der Waals surface area contributed by atoms with Crippen LogP contribution in [-0.2, 0) is 10.9 Å². The van der Waals surface area contributed by atoms with Gasteiger partial charge < -0.3 is 24.7 Å². The third-order valence-electron chi connectivity index (χ3n) is 5.35. The number of aromatic nitrogens is 1. The van der Waals surface area contributed by atoms with Crippen LogP contribution >= 0.6 is 0 Å². The molecule has 0 radical (unpaired) electrons. The highest BCUT2D eigenvalue weighted by molar-refractivity contribution is 6.04. The molecule has 1 aliphatic heterocycles. The zero-order valence-corrected chi connectivity index (χ0v) is 18.8. The maximum absolute atomic E-state index is 13.5. The van der Waals surface area contributed by atoms with Gasteiger partial charge in [-0.25, -0.2) is 9.78 Å². The lowest BCUT2D eigenvalue weighted by Gasteiger charge is -2.17. The Morgan fingerprint density at radius 3 is 2.46 bits per heavy atom. The molecule has 184 valence electrons. The molecule has 2 aromatic carbocycles. The number of ether oxygens (including phenoxy) is 1. The number of hydrogen-bond acceptors (Lipinski definition) is 6. The maximum Gasteiger partial charge on any atom is 0.452 e. The number of amides is 2. The third-order valence-corrected chi connectivity index (χ3v) is 5.35. The monoisotopic (exact) mass is 488 g/mol. The van der Waals surface area contributed by atoms with E-state index in [1.165, 1.54) is 12.1 Å². The molecule has 4 rings (SSSR count). The summed E-state index contributed by atoms with van der Waals surface area (Å²) >= 11 is 0. The molecule has 3 aromatic rings. The Morgan fingerprint density at radius 1 is 1.11 bits per heavy atom. The van der Waals surface area contributed by atoms with Crippen LogP contribution in [0.3, 0.4) is 0 Å². The van der Waals surface area contributed by atoms with Crippen LogP contribution in [0.2, 0.25) is 0 Å². The average Bonchev–Trinajstić information content (AvgIpc) is 3.49. The first-order valence-electron chi connectivity index (χ1n) is 11.0. The van der Waals surface area contributed by atoms with Crippen LogP contribution in [-0.4, -0.2) is 47.6 Å². The number of carbonyl (C=O) groups excluding carboxylic acids is 2. The van der Waals surface area contributed by atoms with Crippen LogP contribution in [0.15, 0.2) is 59.0 Å². The van der Waals surface area contributed by atoms with Gasteiger partial charge in [0.1, 0.15) is 0 Å². The first-order chi connectivity index (χ1) is 16.7.